The van der Waals surface area contributed by atoms with E-state index < -0.39 is 11.5 Å². The third-order valence-corrected chi connectivity index (χ3v) is 4.27. The van der Waals surface area contributed by atoms with Crippen molar-refractivity contribution in [2.24, 2.45) is 0 Å². The van der Waals surface area contributed by atoms with E-state index in [1.807, 2.05) is 0 Å². The van der Waals surface area contributed by atoms with Crippen LogP contribution in [0.1, 0.15) is 26.5 Å². The molecule has 0 saturated heterocycles. The molecule has 0 aliphatic rings. The Hall–Kier alpha value is -4.13. The Morgan fingerprint density at radius 1 is 0.897 bits per heavy atom. The van der Waals surface area contributed by atoms with E-state index in [2.05, 4.69) is 10.6 Å². The molecule has 4 rings (SSSR count). The van der Waals surface area contributed by atoms with Crippen LogP contribution >= 0.6 is 0 Å². The lowest BCUT2D eigenvalue weighted by Gasteiger charge is -2.08. The van der Waals surface area contributed by atoms with Crippen LogP contribution in [0.15, 0.2) is 86.6 Å². The summed E-state index contributed by atoms with van der Waals surface area (Å²) >= 11 is 0. The van der Waals surface area contributed by atoms with Crippen molar-refractivity contribution in [1.82, 2.24) is 5.32 Å². The monoisotopic (exact) mass is 388 g/mol. The lowest BCUT2D eigenvalue weighted by molar-refractivity contribution is 0.0946. The van der Waals surface area contributed by atoms with E-state index in [0.717, 1.165) is 5.56 Å². The summed E-state index contributed by atoms with van der Waals surface area (Å²) in [7, 11) is 0. The number of carbonyl (C=O) groups excluding carboxylic acids is 2. The van der Waals surface area contributed by atoms with Crippen LogP contribution in [0.4, 0.5) is 5.69 Å². The predicted octanol–water partition coefficient (Wildman–Crippen LogP) is 3.57. The second-order valence-electron chi connectivity index (χ2n) is 6.30. The smallest absolute Gasteiger partial charge is 0.349 e. The number of fused-ring (bicyclic) bond motifs is 1. The summed E-state index contributed by atoms with van der Waals surface area (Å²) in [5.41, 5.74) is 0.977. The van der Waals surface area contributed by atoms with E-state index in [-0.39, 0.29) is 23.8 Å². The second-order valence-corrected chi connectivity index (χ2v) is 6.30. The van der Waals surface area contributed by atoms with Crippen molar-refractivity contribution in [2.45, 2.75) is 6.54 Å². The van der Waals surface area contributed by atoms with Crippen LogP contribution < -0.4 is 16.3 Å². The maximum atomic E-state index is 12.4. The van der Waals surface area contributed by atoms with Gasteiger partial charge in [0.15, 0.2) is 5.76 Å². The molecule has 0 radical (unpaired) electrons. The number of para-hydroxylation sites is 1. The van der Waals surface area contributed by atoms with Gasteiger partial charge in [-0.05, 0) is 42.0 Å². The Labute approximate surface area is 165 Å². The number of amides is 2. The zero-order chi connectivity index (χ0) is 20.2. The molecule has 2 heterocycles. The van der Waals surface area contributed by atoms with Crippen molar-refractivity contribution in [3.05, 3.63) is 100 Å². The highest BCUT2D eigenvalue weighted by Gasteiger charge is 2.14. The molecule has 0 bridgehead atoms. The van der Waals surface area contributed by atoms with Gasteiger partial charge in [-0.15, -0.1) is 0 Å². The van der Waals surface area contributed by atoms with E-state index in [1.54, 1.807) is 60.7 Å². The molecule has 2 aromatic carbocycles. The number of rotatable bonds is 5. The fraction of sp³-hybridized carbons (Fsp3) is 0.0455. The molecule has 4 aromatic rings. The highest BCUT2D eigenvalue weighted by molar-refractivity contribution is 6.02. The minimum Gasteiger partial charge on any atom is -0.459 e. The van der Waals surface area contributed by atoms with Gasteiger partial charge in [-0.3, -0.25) is 9.59 Å². The van der Waals surface area contributed by atoms with Crippen molar-refractivity contribution in [3.8, 4) is 0 Å². The van der Waals surface area contributed by atoms with Crippen LogP contribution in [0, 0.1) is 0 Å². The second kappa shape index (κ2) is 7.85. The SMILES string of the molecule is O=C(Nc1cccc(CNC(=O)c2cc3ccccc3oc2=O)c1)c1ccco1. The summed E-state index contributed by atoms with van der Waals surface area (Å²) in [5, 5.41) is 6.09. The number of hydrogen-bond acceptors (Lipinski definition) is 5. The quantitative estimate of drug-likeness (QED) is 0.509. The first-order chi connectivity index (χ1) is 14.1. The maximum absolute atomic E-state index is 12.4. The molecule has 2 N–H and O–H groups in total. The topological polar surface area (TPSA) is 102 Å². The third kappa shape index (κ3) is 4.08. The third-order valence-electron chi connectivity index (χ3n) is 4.27. The molecule has 7 nitrogen and oxygen atoms in total. The molecule has 144 valence electrons. The van der Waals surface area contributed by atoms with Crippen molar-refractivity contribution in [1.29, 1.82) is 0 Å². The average Bonchev–Trinajstić information content (AvgIpc) is 3.27. The van der Waals surface area contributed by atoms with Crippen molar-refractivity contribution in [2.75, 3.05) is 5.32 Å². The first kappa shape index (κ1) is 18.2. The zero-order valence-electron chi connectivity index (χ0n) is 15.2. The molecule has 7 heteroatoms. The molecule has 0 saturated carbocycles. The molecule has 0 aliphatic heterocycles. The highest BCUT2D eigenvalue weighted by Crippen LogP contribution is 2.14. The van der Waals surface area contributed by atoms with E-state index in [1.165, 1.54) is 12.3 Å². The predicted molar refractivity (Wildman–Crippen MR) is 107 cm³/mol. The standard InChI is InChI=1S/C22H16N2O5/c25-20(17-12-15-6-1-2-8-18(15)29-22(17)27)23-13-14-5-3-7-16(11-14)24-21(26)19-9-4-10-28-19/h1-12H,13H2,(H,23,25)(H,24,26). The summed E-state index contributed by atoms with van der Waals surface area (Å²) in [4.78, 5) is 36.6. The molecule has 0 unspecified atom stereocenters. The van der Waals surface area contributed by atoms with Gasteiger partial charge in [-0.1, -0.05) is 30.3 Å². The van der Waals surface area contributed by atoms with Crippen molar-refractivity contribution in [3.63, 3.8) is 0 Å². The minimum absolute atomic E-state index is 0.0639. The Kier molecular flexibility index (Phi) is 4.94. The van der Waals surface area contributed by atoms with Crippen molar-refractivity contribution < 1.29 is 18.4 Å². The van der Waals surface area contributed by atoms with Gasteiger partial charge in [0.1, 0.15) is 11.1 Å². The fourth-order valence-corrected chi connectivity index (χ4v) is 2.86. The number of nitrogens with one attached hydrogen (secondary N) is 2. The van der Waals surface area contributed by atoms with Gasteiger partial charge in [-0.25, -0.2) is 4.79 Å². The van der Waals surface area contributed by atoms with Gasteiger partial charge in [-0.2, -0.15) is 0 Å². The van der Waals surface area contributed by atoms with Gasteiger partial charge in [0.2, 0.25) is 0 Å². The summed E-state index contributed by atoms with van der Waals surface area (Å²) in [6.45, 7) is 0.176. The van der Waals surface area contributed by atoms with Gasteiger partial charge in [0.25, 0.3) is 11.8 Å². The van der Waals surface area contributed by atoms with E-state index in [4.69, 9.17) is 8.83 Å². The summed E-state index contributed by atoms with van der Waals surface area (Å²) in [5.74, 6) is -0.703. The van der Waals surface area contributed by atoms with Gasteiger partial charge < -0.3 is 19.5 Å². The number of carbonyl (C=O) groups is 2. The van der Waals surface area contributed by atoms with Gasteiger partial charge in [0.05, 0.1) is 6.26 Å². The Morgan fingerprint density at radius 3 is 2.59 bits per heavy atom. The van der Waals surface area contributed by atoms with Crippen LogP contribution in [0.3, 0.4) is 0 Å². The van der Waals surface area contributed by atoms with Crippen LogP contribution in [0.25, 0.3) is 11.0 Å². The summed E-state index contributed by atoms with van der Waals surface area (Å²) < 4.78 is 10.3. The van der Waals surface area contributed by atoms with Gasteiger partial charge in [0, 0.05) is 17.6 Å². The van der Waals surface area contributed by atoms with Crippen LogP contribution in [0.2, 0.25) is 0 Å². The largest absolute Gasteiger partial charge is 0.459 e. The first-order valence-electron chi connectivity index (χ1n) is 8.85. The molecular formula is C22H16N2O5. The molecule has 0 fully saturated rings. The number of furan rings is 1. The Balaban J connectivity index is 1.45. The molecule has 0 atom stereocenters. The zero-order valence-corrected chi connectivity index (χ0v) is 15.2. The first-order valence-corrected chi connectivity index (χ1v) is 8.85. The van der Waals surface area contributed by atoms with Gasteiger partial charge >= 0.3 is 5.63 Å². The van der Waals surface area contributed by atoms with Crippen molar-refractivity contribution >= 4 is 28.5 Å². The number of anilines is 1. The van der Waals surface area contributed by atoms with E-state index in [9.17, 15) is 14.4 Å². The molecule has 29 heavy (non-hydrogen) atoms. The fourth-order valence-electron chi connectivity index (χ4n) is 2.86. The van der Waals surface area contributed by atoms with Crippen LogP contribution in [-0.2, 0) is 6.54 Å². The molecule has 2 aromatic heterocycles. The number of hydrogen-bond donors (Lipinski definition) is 2. The van der Waals surface area contributed by atoms with Crippen LogP contribution in [-0.4, -0.2) is 11.8 Å². The minimum atomic E-state index is -0.694. The highest BCUT2D eigenvalue weighted by atomic mass is 16.4. The van der Waals surface area contributed by atoms with Crippen LogP contribution in [0.5, 0.6) is 0 Å². The Morgan fingerprint density at radius 2 is 1.76 bits per heavy atom. The molecular weight excluding hydrogens is 372 g/mol. The number of benzene rings is 2. The van der Waals surface area contributed by atoms with E-state index >= 15 is 0 Å². The van der Waals surface area contributed by atoms with E-state index in [0.29, 0.717) is 16.7 Å². The normalized spacial score (nSPS) is 10.6. The lowest BCUT2D eigenvalue weighted by atomic mass is 10.1. The molecule has 0 spiro atoms. The summed E-state index contributed by atoms with van der Waals surface area (Å²) in [6, 6.07) is 18.7. The maximum Gasteiger partial charge on any atom is 0.349 e. The average molecular weight is 388 g/mol. The molecule has 2 amide bonds. The summed E-state index contributed by atoms with van der Waals surface area (Å²) in [6.07, 6.45) is 1.42. The lowest BCUT2D eigenvalue weighted by Crippen LogP contribution is -2.27. The molecule has 0 aliphatic carbocycles. The Bertz CT molecular complexity index is 1240.